The van der Waals surface area contributed by atoms with Gasteiger partial charge in [-0.05, 0) is 31.7 Å². The zero-order valence-corrected chi connectivity index (χ0v) is 16.1. The van der Waals surface area contributed by atoms with E-state index in [1.54, 1.807) is 20.4 Å². The summed E-state index contributed by atoms with van der Waals surface area (Å²) < 4.78 is 12.8. The van der Waals surface area contributed by atoms with Crippen LogP contribution in [-0.4, -0.2) is 53.0 Å². The van der Waals surface area contributed by atoms with E-state index in [1.165, 1.54) is 0 Å². The van der Waals surface area contributed by atoms with Crippen molar-refractivity contribution in [1.29, 1.82) is 0 Å². The second-order valence-electron chi connectivity index (χ2n) is 7.52. The average Bonchev–Trinajstić information content (AvgIpc) is 3.39. The highest BCUT2D eigenvalue weighted by atomic mass is 16.5. The Morgan fingerprint density at radius 3 is 2.70 bits per heavy atom. The largest absolute Gasteiger partial charge is 0.493 e. The number of methoxy groups -OCH3 is 2. The maximum absolute atomic E-state index is 12.5. The fourth-order valence-corrected chi connectivity index (χ4v) is 3.78. The first kappa shape index (κ1) is 18.0. The number of ketones is 1. The Kier molecular flexibility index (Phi) is 4.86. The fourth-order valence-electron chi connectivity index (χ4n) is 3.78. The molecule has 0 spiro atoms. The van der Waals surface area contributed by atoms with Crippen LogP contribution in [0.25, 0.3) is 0 Å². The molecule has 4 rings (SSSR count). The van der Waals surface area contributed by atoms with Crippen LogP contribution in [0.15, 0.2) is 24.4 Å². The van der Waals surface area contributed by atoms with Gasteiger partial charge in [0.2, 0.25) is 0 Å². The third-order valence-electron chi connectivity index (χ3n) is 5.61. The number of benzene rings is 1. The summed E-state index contributed by atoms with van der Waals surface area (Å²) in [7, 11) is 3.32. The molecule has 0 radical (unpaired) electrons. The highest BCUT2D eigenvalue weighted by Gasteiger charge is 2.34. The van der Waals surface area contributed by atoms with Crippen molar-refractivity contribution in [3.05, 3.63) is 35.7 Å². The summed E-state index contributed by atoms with van der Waals surface area (Å²) in [6, 6.07) is 6.62. The third kappa shape index (κ3) is 3.56. The predicted molar refractivity (Wildman–Crippen MR) is 100 cm³/mol. The first-order valence-electron chi connectivity index (χ1n) is 9.50. The lowest BCUT2D eigenvalue weighted by Crippen LogP contribution is -2.48. The summed E-state index contributed by atoms with van der Waals surface area (Å²) in [6.07, 6.45) is 4.61. The maximum atomic E-state index is 12.5. The number of rotatable bonds is 8. The molecule has 7 nitrogen and oxygen atoms in total. The van der Waals surface area contributed by atoms with Gasteiger partial charge in [0.05, 0.1) is 26.5 Å². The first-order valence-corrected chi connectivity index (χ1v) is 9.50. The number of likely N-dealkylation sites (tertiary alicyclic amines) is 1. The molecule has 144 valence electrons. The number of para-hydroxylation sites is 1. The number of carbonyl (C=O) groups is 1. The highest BCUT2D eigenvalue weighted by Crippen LogP contribution is 2.39. The van der Waals surface area contributed by atoms with E-state index < -0.39 is 0 Å². The Balaban J connectivity index is 1.34. The van der Waals surface area contributed by atoms with Crippen molar-refractivity contribution in [3.63, 3.8) is 0 Å². The smallest absolute Gasteiger partial charge is 0.185 e. The quantitative estimate of drug-likeness (QED) is 0.666. The summed E-state index contributed by atoms with van der Waals surface area (Å²) in [5, 5.41) is 8.13. The van der Waals surface area contributed by atoms with E-state index in [1.807, 2.05) is 16.8 Å². The van der Waals surface area contributed by atoms with Crippen LogP contribution in [0.2, 0.25) is 0 Å². The third-order valence-corrected chi connectivity index (χ3v) is 5.61. The number of hydrogen-bond donors (Lipinski definition) is 0. The van der Waals surface area contributed by atoms with Gasteiger partial charge in [-0.15, -0.1) is 5.10 Å². The van der Waals surface area contributed by atoms with Gasteiger partial charge in [0, 0.05) is 31.1 Å². The Bertz CT molecular complexity index is 824. The predicted octanol–water partition coefficient (Wildman–Crippen LogP) is 2.90. The standard InChI is InChI=1S/C20H26N4O3/c1-13(16-5-4-6-19(26-2)20(16)27-3)23-10-14(11-23)9-18(25)17-12-24(22-21-17)15-7-8-15/h4-6,12-15H,7-11H2,1-3H3. The molecule has 1 aromatic carbocycles. The molecule has 27 heavy (non-hydrogen) atoms. The summed E-state index contributed by atoms with van der Waals surface area (Å²) in [4.78, 5) is 14.8. The number of nitrogens with zero attached hydrogens (tertiary/aromatic N) is 4. The van der Waals surface area contributed by atoms with Crippen molar-refractivity contribution in [2.75, 3.05) is 27.3 Å². The number of ether oxygens (including phenoxy) is 2. The Morgan fingerprint density at radius 2 is 2.04 bits per heavy atom. The Morgan fingerprint density at radius 1 is 1.26 bits per heavy atom. The second kappa shape index (κ2) is 7.31. The average molecular weight is 370 g/mol. The van der Waals surface area contributed by atoms with Gasteiger partial charge in [0.15, 0.2) is 17.3 Å². The van der Waals surface area contributed by atoms with Gasteiger partial charge in [-0.1, -0.05) is 17.3 Å². The molecular formula is C20H26N4O3. The normalized spacial score (nSPS) is 18.8. The Hall–Kier alpha value is -2.41. The zero-order chi connectivity index (χ0) is 19.0. The van der Waals surface area contributed by atoms with Gasteiger partial charge in [-0.25, -0.2) is 4.68 Å². The number of aromatic nitrogens is 3. The van der Waals surface area contributed by atoms with Crippen molar-refractivity contribution < 1.29 is 14.3 Å². The molecule has 0 N–H and O–H groups in total. The van der Waals surface area contributed by atoms with E-state index in [0.717, 1.165) is 43.0 Å². The number of Topliss-reactive ketones (excluding diaryl/α,β-unsaturated/α-hetero) is 1. The van der Waals surface area contributed by atoms with Gasteiger partial charge >= 0.3 is 0 Å². The van der Waals surface area contributed by atoms with Crippen LogP contribution < -0.4 is 9.47 Å². The van der Waals surface area contributed by atoms with Crippen LogP contribution in [0.5, 0.6) is 11.5 Å². The minimum absolute atomic E-state index is 0.0955. The van der Waals surface area contributed by atoms with Gasteiger partial charge in [-0.2, -0.15) is 0 Å². The van der Waals surface area contributed by atoms with Crippen molar-refractivity contribution >= 4 is 5.78 Å². The lowest BCUT2D eigenvalue weighted by molar-refractivity contribution is 0.0493. The van der Waals surface area contributed by atoms with E-state index in [9.17, 15) is 4.79 Å². The first-order chi connectivity index (χ1) is 13.1. The van der Waals surface area contributed by atoms with E-state index in [4.69, 9.17) is 9.47 Å². The molecule has 2 aliphatic rings. The van der Waals surface area contributed by atoms with E-state index >= 15 is 0 Å². The summed E-state index contributed by atoms with van der Waals surface area (Å²) in [6.45, 7) is 3.95. The highest BCUT2D eigenvalue weighted by molar-refractivity contribution is 5.94. The number of hydrogen-bond acceptors (Lipinski definition) is 6. The van der Waals surface area contributed by atoms with Crippen molar-refractivity contribution in [2.24, 2.45) is 5.92 Å². The SMILES string of the molecule is COc1cccc(C(C)N2CC(CC(=O)c3cn(C4CC4)nn3)C2)c1OC. The van der Waals surface area contributed by atoms with Crippen LogP contribution in [0.1, 0.15) is 54.3 Å². The summed E-state index contributed by atoms with van der Waals surface area (Å²) >= 11 is 0. The summed E-state index contributed by atoms with van der Waals surface area (Å²) in [5.74, 6) is 1.98. The lowest BCUT2D eigenvalue weighted by Gasteiger charge is -2.43. The fraction of sp³-hybridized carbons (Fsp3) is 0.550. The molecule has 2 heterocycles. The topological polar surface area (TPSA) is 69.5 Å². The molecule has 1 aliphatic heterocycles. The van der Waals surface area contributed by atoms with Gasteiger partial charge in [-0.3, -0.25) is 9.69 Å². The molecule has 1 unspecified atom stereocenters. The minimum Gasteiger partial charge on any atom is -0.493 e. The molecule has 2 aromatic rings. The van der Waals surface area contributed by atoms with Crippen LogP contribution in [0, 0.1) is 5.92 Å². The second-order valence-corrected chi connectivity index (χ2v) is 7.52. The molecule has 1 aliphatic carbocycles. The lowest BCUT2D eigenvalue weighted by atomic mass is 9.90. The molecule has 2 fully saturated rings. The monoisotopic (exact) mass is 370 g/mol. The van der Waals surface area contributed by atoms with E-state index in [0.29, 0.717) is 24.1 Å². The van der Waals surface area contributed by atoms with Crippen LogP contribution >= 0.6 is 0 Å². The Labute approximate surface area is 159 Å². The zero-order valence-electron chi connectivity index (χ0n) is 16.1. The molecule has 7 heteroatoms. The molecule has 0 bridgehead atoms. The molecule has 1 saturated carbocycles. The number of carbonyl (C=O) groups excluding carboxylic acids is 1. The van der Waals surface area contributed by atoms with Crippen molar-refractivity contribution in [2.45, 2.75) is 38.3 Å². The molecule has 0 amide bonds. The minimum atomic E-state index is 0.0955. The van der Waals surface area contributed by atoms with Crippen molar-refractivity contribution in [1.82, 2.24) is 19.9 Å². The summed E-state index contributed by atoms with van der Waals surface area (Å²) in [5.41, 5.74) is 1.61. The molecular weight excluding hydrogens is 344 g/mol. The van der Waals surface area contributed by atoms with Gasteiger partial charge < -0.3 is 9.47 Å². The molecule has 1 saturated heterocycles. The molecule has 1 aromatic heterocycles. The molecule has 1 atom stereocenters. The van der Waals surface area contributed by atoms with Crippen LogP contribution in [0.4, 0.5) is 0 Å². The van der Waals surface area contributed by atoms with Crippen LogP contribution in [0.3, 0.4) is 0 Å². The van der Waals surface area contributed by atoms with E-state index in [2.05, 4.69) is 28.2 Å². The van der Waals surface area contributed by atoms with Crippen molar-refractivity contribution in [3.8, 4) is 11.5 Å². The van der Waals surface area contributed by atoms with Gasteiger partial charge in [0.1, 0.15) is 5.69 Å². The van der Waals surface area contributed by atoms with Crippen LogP contribution in [-0.2, 0) is 0 Å². The van der Waals surface area contributed by atoms with Gasteiger partial charge in [0.25, 0.3) is 0 Å². The maximum Gasteiger partial charge on any atom is 0.185 e. The van der Waals surface area contributed by atoms with E-state index in [-0.39, 0.29) is 11.8 Å².